The molecule has 0 saturated carbocycles. The van der Waals surface area contributed by atoms with Gasteiger partial charge in [-0.05, 0) is 54.3 Å². The molecule has 38 heavy (non-hydrogen) atoms. The van der Waals surface area contributed by atoms with Crippen LogP contribution in [0.4, 0.5) is 11.4 Å². The Kier molecular flexibility index (Phi) is 9.50. The highest BCUT2D eigenvalue weighted by Crippen LogP contribution is 2.33. The van der Waals surface area contributed by atoms with E-state index >= 15 is 0 Å². The summed E-state index contributed by atoms with van der Waals surface area (Å²) in [6, 6.07) is 16.9. The third-order valence-corrected chi connectivity index (χ3v) is 7.89. The molecule has 0 aliphatic rings. The van der Waals surface area contributed by atoms with E-state index in [1.165, 1.54) is 19.2 Å². The Bertz CT molecular complexity index is 1450. The second kappa shape index (κ2) is 12.4. The normalized spacial score (nSPS) is 11.9. The van der Waals surface area contributed by atoms with E-state index in [2.05, 4.69) is 9.44 Å². The fourth-order valence-corrected chi connectivity index (χ4v) is 5.74. The lowest BCUT2D eigenvalue weighted by atomic mass is 10.2. The zero-order valence-electron chi connectivity index (χ0n) is 22.1. The van der Waals surface area contributed by atoms with Gasteiger partial charge in [0.25, 0.3) is 20.0 Å². The molecule has 9 nitrogen and oxygen atoms in total. The van der Waals surface area contributed by atoms with Gasteiger partial charge in [-0.1, -0.05) is 52.0 Å². The SMILES string of the molecule is COc1ccc(S(=O)(=O)Nc2ccccc2OCC(C)C)cc1S(=O)(=O)Nc1ccccc1OCC(C)C. The standard InChI is InChI=1S/C27H34N2O7S2/c1-19(2)17-35-24-12-8-6-10-22(24)28-37(30,31)21-14-15-26(34-5)27(16-21)38(32,33)29-23-11-7-9-13-25(23)36-18-20(3)4/h6-16,19-20,28-29H,17-18H2,1-5H3. The largest absolute Gasteiger partial charge is 0.495 e. The summed E-state index contributed by atoms with van der Waals surface area (Å²) >= 11 is 0. The van der Waals surface area contributed by atoms with Crippen LogP contribution in [0.1, 0.15) is 27.7 Å². The second-order valence-electron chi connectivity index (χ2n) is 9.43. The van der Waals surface area contributed by atoms with Gasteiger partial charge < -0.3 is 14.2 Å². The molecule has 0 amide bonds. The zero-order valence-corrected chi connectivity index (χ0v) is 23.7. The summed E-state index contributed by atoms with van der Waals surface area (Å²) in [4.78, 5) is -0.604. The lowest BCUT2D eigenvalue weighted by Crippen LogP contribution is -2.18. The first-order valence-electron chi connectivity index (χ1n) is 12.1. The van der Waals surface area contributed by atoms with E-state index in [-0.39, 0.29) is 38.8 Å². The Balaban J connectivity index is 1.95. The third-order valence-electron chi connectivity index (χ3n) is 5.14. The van der Waals surface area contributed by atoms with Gasteiger partial charge in [0.15, 0.2) is 0 Å². The van der Waals surface area contributed by atoms with Crippen LogP contribution in [0, 0.1) is 11.8 Å². The molecule has 3 aromatic rings. The van der Waals surface area contributed by atoms with Crippen LogP contribution in [0.3, 0.4) is 0 Å². The molecule has 0 aromatic heterocycles. The quantitative estimate of drug-likeness (QED) is 0.287. The number of benzene rings is 3. The van der Waals surface area contributed by atoms with Crippen molar-refractivity contribution in [2.45, 2.75) is 37.5 Å². The van der Waals surface area contributed by atoms with Gasteiger partial charge >= 0.3 is 0 Å². The Morgan fingerprint density at radius 3 is 1.61 bits per heavy atom. The van der Waals surface area contributed by atoms with Crippen molar-refractivity contribution in [3.8, 4) is 17.2 Å². The lowest BCUT2D eigenvalue weighted by molar-refractivity contribution is 0.272. The van der Waals surface area contributed by atoms with Crippen LogP contribution in [0.5, 0.6) is 17.2 Å². The summed E-state index contributed by atoms with van der Waals surface area (Å²) in [7, 11) is -7.15. The van der Waals surface area contributed by atoms with Crippen molar-refractivity contribution in [1.82, 2.24) is 0 Å². The van der Waals surface area contributed by atoms with Crippen LogP contribution in [-0.4, -0.2) is 37.2 Å². The maximum Gasteiger partial charge on any atom is 0.265 e. The first kappa shape index (κ1) is 29.1. The average Bonchev–Trinajstić information content (AvgIpc) is 2.86. The number of sulfonamides is 2. The van der Waals surface area contributed by atoms with Gasteiger partial charge in [0.1, 0.15) is 22.1 Å². The van der Waals surface area contributed by atoms with E-state index in [0.717, 1.165) is 6.07 Å². The topological polar surface area (TPSA) is 120 Å². The molecule has 0 unspecified atom stereocenters. The highest BCUT2D eigenvalue weighted by Gasteiger charge is 2.26. The molecule has 0 aliphatic carbocycles. The molecule has 0 aliphatic heterocycles. The van der Waals surface area contributed by atoms with E-state index in [0.29, 0.717) is 24.7 Å². The predicted molar refractivity (Wildman–Crippen MR) is 148 cm³/mol. The first-order valence-corrected chi connectivity index (χ1v) is 15.1. The minimum absolute atomic E-state index is 0.0160. The molecule has 0 heterocycles. The van der Waals surface area contributed by atoms with Crippen molar-refractivity contribution >= 4 is 31.4 Å². The van der Waals surface area contributed by atoms with Gasteiger partial charge in [-0.15, -0.1) is 0 Å². The minimum Gasteiger partial charge on any atom is -0.495 e. The van der Waals surface area contributed by atoms with E-state index in [4.69, 9.17) is 14.2 Å². The van der Waals surface area contributed by atoms with Gasteiger partial charge in [-0.2, -0.15) is 0 Å². The number of para-hydroxylation sites is 4. The lowest BCUT2D eigenvalue weighted by Gasteiger charge is -2.17. The zero-order chi connectivity index (χ0) is 27.9. The number of methoxy groups -OCH3 is 1. The second-order valence-corrected chi connectivity index (χ2v) is 12.8. The minimum atomic E-state index is -4.27. The number of anilines is 2. The highest BCUT2D eigenvalue weighted by atomic mass is 32.2. The van der Waals surface area contributed by atoms with Crippen molar-refractivity contribution in [3.63, 3.8) is 0 Å². The maximum absolute atomic E-state index is 13.4. The molecular formula is C27H34N2O7S2. The van der Waals surface area contributed by atoms with Crippen LogP contribution in [0.15, 0.2) is 76.5 Å². The third kappa shape index (κ3) is 7.55. The van der Waals surface area contributed by atoms with Crippen LogP contribution in [0.25, 0.3) is 0 Å². The summed E-state index contributed by atoms with van der Waals surface area (Å²) in [5.41, 5.74) is 0.459. The monoisotopic (exact) mass is 562 g/mol. The fraction of sp³-hybridized carbons (Fsp3) is 0.333. The van der Waals surface area contributed by atoms with E-state index < -0.39 is 20.0 Å². The van der Waals surface area contributed by atoms with Crippen molar-refractivity contribution in [3.05, 3.63) is 66.7 Å². The molecule has 11 heteroatoms. The molecule has 0 spiro atoms. The molecule has 3 rings (SSSR count). The summed E-state index contributed by atoms with van der Waals surface area (Å²) in [6.45, 7) is 8.71. The van der Waals surface area contributed by atoms with Gasteiger partial charge in [-0.25, -0.2) is 16.8 Å². The van der Waals surface area contributed by atoms with Gasteiger partial charge in [0.05, 0.1) is 36.6 Å². The molecule has 0 fully saturated rings. The van der Waals surface area contributed by atoms with E-state index in [1.54, 1.807) is 48.5 Å². The van der Waals surface area contributed by atoms with E-state index in [1.807, 2.05) is 27.7 Å². The summed E-state index contributed by atoms with van der Waals surface area (Å²) in [5.74, 6) is 1.17. The van der Waals surface area contributed by atoms with Crippen molar-refractivity contribution in [1.29, 1.82) is 0 Å². The van der Waals surface area contributed by atoms with Crippen molar-refractivity contribution < 1.29 is 31.0 Å². The Hall–Kier alpha value is -3.44. The Morgan fingerprint density at radius 2 is 1.13 bits per heavy atom. The Morgan fingerprint density at radius 1 is 0.658 bits per heavy atom. The van der Waals surface area contributed by atoms with Crippen LogP contribution in [-0.2, 0) is 20.0 Å². The van der Waals surface area contributed by atoms with Gasteiger partial charge in [0.2, 0.25) is 0 Å². The molecule has 0 atom stereocenters. The molecule has 0 radical (unpaired) electrons. The number of hydrogen-bond donors (Lipinski definition) is 2. The number of hydrogen-bond acceptors (Lipinski definition) is 7. The van der Waals surface area contributed by atoms with Crippen molar-refractivity contribution in [2.75, 3.05) is 29.8 Å². The number of ether oxygens (including phenoxy) is 3. The fourth-order valence-electron chi connectivity index (χ4n) is 3.30. The molecule has 0 saturated heterocycles. The molecule has 0 bridgehead atoms. The number of nitrogens with one attached hydrogen (secondary N) is 2. The van der Waals surface area contributed by atoms with Gasteiger partial charge in [-0.3, -0.25) is 9.44 Å². The smallest absolute Gasteiger partial charge is 0.265 e. The highest BCUT2D eigenvalue weighted by molar-refractivity contribution is 7.93. The summed E-state index contributed by atoms with van der Waals surface area (Å²) in [6.07, 6.45) is 0. The molecule has 3 aromatic carbocycles. The summed E-state index contributed by atoms with van der Waals surface area (Å²) < 4.78 is 75.2. The molecule has 2 N–H and O–H groups in total. The maximum atomic E-state index is 13.4. The van der Waals surface area contributed by atoms with Crippen LogP contribution >= 0.6 is 0 Å². The first-order chi connectivity index (χ1) is 17.9. The summed E-state index contributed by atoms with van der Waals surface area (Å²) in [5, 5.41) is 0. The number of rotatable bonds is 13. The van der Waals surface area contributed by atoms with Crippen molar-refractivity contribution in [2.24, 2.45) is 11.8 Å². The van der Waals surface area contributed by atoms with Gasteiger partial charge in [0, 0.05) is 0 Å². The predicted octanol–water partition coefficient (Wildman–Crippen LogP) is 5.37. The average molecular weight is 563 g/mol. The Labute approximate surface area is 225 Å². The molecular weight excluding hydrogens is 528 g/mol. The van der Waals surface area contributed by atoms with Crippen LogP contribution in [0.2, 0.25) is 0 Å². The van der Waals surface area contributed by atoms with E-state index in [9.17, 15) is 16.8 Å². The molecule has 206 valence electrons. The van der Waals surface area contributed by atoms with Crippen LogP contribution < -0.4 is 23.7 Å².